The van der Waals surface area contributed by atoms with Crippen molar-refractivity contribution in [2.45, 2.75) is 19.4 Å². The van der Waals surface area contributed by atoms with Crippen LogP contribution in [0.4, 0.5) is 0 Å². The summed E-state index contributed by atoms with van der Waals surface area (Å²) >= 11 is 0. The maximum Gasteiger partial charge on any atom is 0.187 e. The molecule has 0 N–H and O–H groups in total. The highest BCUT2D eigenvalue weighted by Crippen LogP contribution is 1.97. The van der Waals surface area contributed by atoms with Crippen LogP contribution in [0.25, 0.3) is 0 Å². The van der Waals surface area contributed by atoms with Crippen molar-refractivity contribution in [2.75, 3.05) is 20.8 Å². The van der Waals surface area contributed by atoms with E-state index in [-0.39, 0.29) is 18.5 Å². The summed E-state index contributed by atoms with van der Waals surface area (Å²) in [5, 5.41) is 0. The molecule has 0 aliphatic carbocycles. The molecule has 60 valence electrons. The Kier molecular flexibility index (Phi) is 5.16. The van der Waals surface area contributed by atoms with Crippen molar-refractivity contribution in [3.05, 3.63) is 0 Å². The fourth-order valence-corrected chi connectivity index (χ4v) is 0.761. The molecule has 0 bridgehead atoms. The third-order valence-electron chi connectivity index (χ3n) is 1.30. The average molecular weight is 146 g/mol. The molecule has 0 saturated carbocycles. The van der Waals surface area contributed by atoms with Gasteiger partial charge >= 0.3 is 0 Å². The number of ether oxygens (including phenoxy) is 2. The first-order chi connectivity index (χ1) is 4.76. The molecule has 1 unspecified atom stereocenters. The Morgan fingerprint density at radius 3 is 2.40 bits per heavy atom. The van der Waals surface area contributed by atoms with Gasteiger partial charge in [-0.05, 0) is 6.42 Å². The molecule has 0 aromatic rings. The zero-order valence-electron chi connectivity index (χ0n) is 6.72. The molecule has 10 heavy (non-hydrogen) atoms. The number of hydrogen-bond acceptors (Lipinski definition) is 3. The van der Waals surface area contributed by atoms with Gasteiger partial charge in [-0.15, -0.1) is 0 Å². The lowest BCUT2D eigenvalue weighted by molar-refractivity contribution is -0.132. The largest absolute Gasteiger partial charge is 0.377 e. The van der Waals surface area contributed by atoms with Gasteiger partial charge in [-0.3, -0.25) is 4.79 Å². The number of hydrogen-bond donors (Lipinski definition) is 0. The summed E-state index contributed by atoms with van der Waals surface area (Å²) in [6.07, 6.45) is 0.415. The second-order valence-electron chi connectivity index (χ2n) is 2.03. The van der Waals surface area contributed by atoms with E-state index >= 15 is 0 Å². The van der Waals surface area contributed by atoms with Crippen molar-refractivity contribution in [1.82, 2.24) is 0 Å². The van der Waals surface area contributed by atoms with Crippen molar-refractivity contribution >= 4 is 5.78 Å². The molecule has 3 nitrogen and oxygen atoms in total. The van der Waals surface area contributed by atoms with Crippen molar-refractivity contribution in [1.29, 1.82) is 0 Å². The molecule has 0 amide bonds. The quantitative estimate of drug-likeness (QED) is 0.570. The van der Waals surface area contributed by atoms with Gasteiger partial charge in [0, 0.05) is 14.2 Å². The molecule has 0 fully saturated rings. The van der Waals surface area contributed by atoms with Gasteiger partial charge in [-0.2, -0.15) is 0 Å². The molecule has 0 aliphatic rings. The zero-order valence-corrected chi connectivity index (χ0v) is 6.72. The summed E-state index contributed by atoms with van der Waals surface area (Å²) in [7, 11) is 3.03. The van der Waals surface area contributed by atoms with Crippen molar-refractivity contribution in [2.24, 2.45) is 0 Å². The first-order valence-electron chi connectivity index (χ1n) is 3.30. The van der Waals surface area contributed by atoms with Crippen molar-refractivity contribution < 1.29 is 14.3 Å². The second kappa shape index (κ2) is 5.38. The van der Waals surface area contributed by atoms with Crippen molar-refractivity contribution in [3.8, 4) is 0 Å². The van der Waals surface area contributed by atoms with Crippen LogP contribution < -0.4 is 0 Å². The van der Waals surface area contributed by atoms with Crippen LogP contribution in [0.2, 0.25) is 0 Å². The number of ketones is 1. The van der Waals surface area contributed by atoms with Gasteiger partial charge in [-0.25, -0.2) is 0 Å². The molecule has 0 rings (SSSR count). The van der Waals surface area contributed by atoms with E-state index in [4.69, 9.17) is 4.74 Å². The highest BCUT2D eigenvalue weighted by atomic mass is 16.5. The number of Topliss-reactive ketones (excluding diaryl/α,β-unsaturated/α-hetero) is 1. The molecule has 0 saturated heterocycles. The SMILES string of the molecule is CCC(OC)C(=O)COC. The zero-order chi connectivity index (χ0) is 7.98. The standard InChI is InChI=1S/C7H14O3/c1-4-7(10-3)6(8)5-9-2/h7H,4-5H2,1-3H3. The Morgan fingerprint density at radius 1 is 1.50 bits per heavy atom. The summed E-state index contributed by atoms with van der Waals surface area (Å²) in [6, 6.07) is 0. The van der Waals surface area contributed by atoms with Crippen LogP contribution in [0.3, 0.4) is 0 Å². The minimum absolute atomic E-state index is 0.00694. The smallest absolute Gasteiger partial charge is 0.187 e. The molecule has 0 spiro atoms. The fraction of sp³-hybridized carbons (Fsp3) is 0.857. The highest BCUT2D eigenvalue weighted by Gasteiger charge is 2.13. The van der Waals surface area contributed by atoms with Crippen LogP contribution >= 0.6 is 0 Å². The minimum Gasteiger partial charge on any atom is -0.377 e. The van der Waals surface area contributed by atoms with Crippen molar-refractivity contribution in [3.63, 3.8) is 0 Å². The minimum atomic E-state index is -0.292. The lowest BCUT2D eigenvalue weighted by Gasteiger charge is -2.09. The van der Waals surface area contributed by atoms with E-state index in [1.807, 2.05) is 6.92 Å². The molecule has 0 radical (unpaired) electrons. The summed E-state index contributed by atoms with van der Waals surface area (Å²) in [6.45, 7) is 2.05. The van der Waals surface area contributed by atoms with Crippen LogP contribution in [0.15, 0.2) is 0 Å². The van der Waals surface area contributed by atoms with E-state index in [2.05, 4.69) is 4.74 Å². The van der Waals surface area contributed by atoms with E-state index in [9.17, 15) is 4.79 Å². The first-order valence-corrected chi connectivity index (χ1v) is 3.30. The summed E-state index contributed by atoms with van der Waals surface area (Å²) in [5.74, 6) is 0.00694. The molecule has 0 heterocycles. The molecule has 1 atom stereocenters. The van der Waals surface area contributed by atoms with E-state index in [0.717, 1.165) is 0 Å². The molecule has 0 aromatic carbocycles. The van der Waals surface area contributed by atoms with Crippen LogP contribution in [-0.4, -0.2) is 32.7 Å². The van der Waals surface area contributed by atoms with Gasteiger partial charge in [-0.1, -0.05) is 6.92 Å². The van der Waals surface area contributed by atoms with E-state index in [1.165, 1.54) is 14.2 Å². The third-order valence-corrected chi connectivity index (χ3v) is 1.30. The predicted molar refractivity (Wildman–Crippen MR) is 38.0 cm³/mol. The van der Waals surface area contributed by atoms with Gasteiger partial charge in [0.05, 0.1) is 0 Å². The summed E-state index contributed by atoms with van der Waals surface area (Å²) < 4.78 is 9.54. The third kappa shape index (κ3) is 2.94. The Bertz CT molecular complexity index is 97.0. The number of methoxy groups -OCH3 is 2. The van der Waals surface area contributed by atoms with Gasteiger partial charge in [0.15, 0.2) is 5.78 Å². The molecule has 0 aliphatic heterocycles. The number of rotatable bonds is 5. The van der Waals surface area contributed by atoms with Crippen LogP contribution in [0.1, 0.15) is 13.3 Å². The molecular weight excluding hydrogens is 132 g/mol. The normalized spacial score (nSPS) is 13.1. The van der Waals surface area contributed by atoms with Gasteiger partial charge in [0.1, 0.15) is 12.7 Å². The topological polar surface area (TPSA) is 35.5 Å². The lowest BCUT2D eigenvalue weighted by Crippen LogP contribution is -2.25. The monoisotopic (exact) mass is 146 g/mol. The molecule has 0 aromatic heterocycles. The van der Waals surface area contributed by atoms with E-state index < -0.39 is 0 Å². The predicted octanol–water partition coefficient (Wildman–Crippen LogP) is 0.627. The number of carbonyl (C=O) groups is 1. The highest BCUT2D eigenvalue weighted by molar-refractivity contribution is 5.84. The molecule has 3 heteroatoms. The Morgan fingerprint density at radius 2 is 2.10 bits per heavy atom. The Balaban J connectivity index is 3.65. The van der Waals surface area contributed by atoms with E-state index in [0.29, 0.717) is 6.42 Å². The Labute approximate surface area is 61.3 Å². The summed E-state index contributed by atoms with van der Waals surface area (Å²) in [5.41, 5.74) is 0. The maximum atomic E-state index is 11.0. The second-order valence-corrected chi connectivity index (χ2v) is 2.03. The number of carbonyl (C=O) groups excluding carboxylic acids is 1. The molecular formula is C7H14O3. The lowest BCUT2D eigenvalue weighted by atomic mass is 10.2. The van der Waals surface area contributed by atoms with Crippen LogP contribution in [-0.2, 0) is 14.3 Å². The van der Waals surface area contributed by atoms with Gasteiger partial charge in [0.2, 0.25) is 0 Å². The van der Waals surface area contributed by atoms with Gasteiger partial charge < -0.3 is 9.47 Å². The van der Waals surface area contributed by atoms with Crippen LogP contribution in [0, 0.1) is 0 Å². The van der Waals surface area contributed by atoms with E-state index in [1.54, 1.807) is 0 Å². The summed E-state index contributed by atoms with van der Waals surface area (Å²) in [4.78, 5) is 11.0. The van der Waals surface area contributed by atoms with Gasteiger partial charge in [0.25, 0.3) is 0 Å². The fourth-order valence-electron chi connectivity index (χ4n) is 0.761. The first kappa shape index (κ1) is 9.59. The van der Waals surface area contributed by atoms with Crippen LogP contribution in [0.5, 0.6) is 0 Å². The average Bonchev–Trinajstić information content (AvgIpc) is 1.91. The Hall–Kier alpha value is -0.410. The maximum absolute atomic E-state index is 11.0.